The predicted octanol–water partition coefficient (Wildman–Crippen LogP) is 1.20. The molecule has 4 aromatic heterocycles. The molecule has 58 heavy (non-hydrogen) atoms. The molecular weight excluding hydrogens is 815 g/mol. The summed E-state index contributed by atoms with van der Waals surface area (Å²) >= 11 is 15.6. The zero-order valence-corrected chi connectivity index (χ0v) is 34.8. The van der Waals surface area contributed by atoms with Crippen LogP contribution in [0.2, 0.25) is 0 Å². The molecular formula is C34H57N13O8S3. The van der Waals surface area contributed by atoms with Gasteiger partial charge < -0.3 is 77.9 Å². The minimum atomic E-state index is -1.21. The van der Waals surface area contributed by atoms with Crippen LogP contribution in [0.5, 0.6) is 0 Å². The highest BCUT2D eigenvalue weighted by Crippen LogP contribution is 2.33. The topological polar surface area (TPSA) is 330 Å². The van der Waals surface area contributed by atoms with Crippen LogP contribution in [-0.2, 0) is 9.47 Å². The molecule has 324 valence electrons. The highest BCUT2D eigenvalue weighted by atomic mass is 32.1. The second kappa shape index (κ2) is 22.8. The Labute approximate surface area is 350 Å². The molecule has 6 heterocycles. The standard InChI is InChI=1S/C18H28N6O4S2.C16H26N6O4S.H3N/c1-10(29)19-6-4-2-3-5-7-20-18-22-15-12(16(30)23-18)21-9-24(15)17-14(27)13(26)11(8-25)28-17;17-5-3-1-2-4-6-18-16-20-13-10(14(27)21-16)19-8-22(13)15-12(25)11(24)9(7-23)26-15;/h9,11,13-14,17,25-27H,2-8H2,1H3,(H,19,29)(H2,20,22,23,30);8-9,11-12,15,23-25H,1-7,17H2,(H2,18,20,21,27);1H3/t11-,13?,14+,17-;9-,11?,12+,15-;/m11./s1. The lowest BCUT2D eigenvalue weighted by atomic mass is 10.1. The van der Waals surface area contributed by atoms with Gasteiger partial charge in [-0.1, -0.05) is 62.3 Å². The van der Waals surface area contributed by atoms with Gasteiger partial charge in [0.15, 0.2) is 21.7 Å². The number of nitrogens with two attached hydrogens (primary N) is 1. The van der Waals surface area contributed by atoms with Crippen LogP contribution in [0.25, 0.3) is 22.3 Å². The van der Waals surface area contributed by atoms with E-state index in [1.807, 2.05) is 6.92 Å². The molecule has 0 aliphatic carbocycles. The Bertz CT molecular complexity index is 2020. The molecule has 2 aliphatic rings. The van der Waals surface area contributed by atoms with Crippen molar-refractivity contribution in [3.05, 3.63) is 21.9 Å². The SMILES string of the molecule is CC(=S)NCCCCCCNc1nc(=S)c2ncn([C@@H]3O[C@H](CO)C(O)[C@@H]3O)c2[nH]1.N.NCCCCCCNc1nc(=S)c2ncn([C@@H]3O[C@H](CO)C(O)[C@@H]3O)c2[nH]1. The Hall–Kier alpha value is -3.37. The first-order valence-electron chi connectivity index (χ1n) is 19.1. The summed E-state index contributed by atoms with van der Waals surface area (Å²) in [6.07, 6.45) is 3.05. The van der Waals surface area contributed by atoms with Crippen molar-refractivity contribution >= 4 is 75.9 Å². The van der Waals surface area contributed by atoms with Gasteiger partial charge >= 0.3 is 0 Å². The summed E-state index contributed by atoms with van der Waals surface area (Å²) in [7, 11) is 0. The summed E-state index contributed by atoms with van der Waals surface area (Å²) in [4.78, 5) is 24.2. The lowest BCUT2D eigenvalue weighted by Crippen LogP contribution is -2.33. The van der Waals surface area contributed by atoms with Gasteiger partial charge in [-0.2, -0.15) is 0 Å². The number of hydrogen-bond donors (Lipinski definition) is 13. The molecule has 4 aromatic rings. The van der Waals surface area contributed by atoms with E-state index in [4.69, 9.17) is 51.9 Å². The minimum Gasteiger partial charge on any atom is -0.394 e. The van der Waals surface area contributed by atoms with Crippen LogP contribution in [-0.4, -0.2) is 151 Å². The quantitative estimate of drug-likeness (QED) is 0.0465. The van der Waals surface area contributed by atoms with Crippen LogP contribution in [0, 0.1) is 9.28 Å². The summed E-state index contributed by atoms with van der Waals surface area (Å²) in [6.45, 7) is 4.17. The van der Waals surface area contributed by atoms with Gasteiger partial charge in [-0.05, 0) is 39.2 Å². The lowest BCUT2D eigenvalue weighted by Gasteiger charge is -2.17. The van der Waals surface area contributed by atoms with Crippen LogP contribution < -0.4 is 27.8 Å². The first-order valence-corrected chi connectivity index (χ1v) is 20.3. The van der Waals surface area contributed by atoms with Crippen molar-refractivity contribution in [3.8, 4) is 0 Å². The van der Waals surface area contributed by atoms with Crippen molar-refractivity contribution in [2.45, 2.75) is 107 Å². The van der Waals surface area contributed by atoms with Gasteiger partial charge in [0.1, 0.15) is 59.0 Å². The monoisotopic (exact) mass is 871 g/mol. The molecule has 2 unspecified atom stereocenters. The average molecular weight is 872 g/mol. The summed E-state index contributed by atoms with van der Waals surface area (Å²) in [5.41, 5.74) is 7.47. The summed E-state index contributed by atoms with van der Waals surface area (Å²) in [6, 6.07) is 0. The molecule has 0 bridgehead atoms. The Morgan fingerprint density at radius 3 is 1.50 bits per heavy atom. The number of anilines is 2. The van der Waals surface area contributed by atoms with E-state index in [9.17, 15) is 30.6 Å². The van der Waals surface area contributed by atoms with Gasteiger partial charge in [-0.3, -0.25) is 9.13 Å². The Kier molecular flexibility index (Phi) is 18.6. The maximum absolute atomic E-state index is 10.3. The van der Waals surface area contributed by atoms with E-state index < -0.39 is 62.3 Å². The first kappa shape index (κ1) is 47.3. The van der Waals surface area contributed by atoms with Crippen molar-refractivity contribution in [2.75, 3.05) is 50.0 Å². The van der Waals surface area contributed by atoms with Crippen molar-refractivity contribution in [1.82, 2.24) is 50.5 Å². The van der Waals surface area contributed by atoms with Crippen molar-refractivity contribution in [1.29, 1.82) is 0 Å². The molecule has 0 saturated carbocycles. The minimum absolute atomic E-state index is 0. The normalized spacial score (nSPS) is 24.1. The zero-order valence-electron chi connectivity index (χ0n) is 32.4. The third-order valence-corrected chi connectivity index (χ3v) is 10.4. The third kappa shape index (κ3) is 11.7. The van der Waals surface area contributed by atoms with Gasteiger partial charge in [0.05, 0.1) is 30.9 Å². The van der Waals surface area contributed by atoms with Crippen molar-refractivity contribution in [3.63, 3.8) is 0 Å². The molecule has 21 nitrogen and oxygen atoms in total. The fourth-order valence-electron chi connectivity index (χ4n) is 6.55. The zero-order chi connectivity index (χ0) is 41.1. The summed E-state index contributed by atoms with van der Waals surface area (Å²) in [5, 5.41) is 68.7. The number of nitrogens with one attached hydrogen (secondary N) is 5. The van der Waals surface area contributed by atoms with Crippen molar-refractivity contribution in [2.24, 2.45) is 5.73 Å². The molecule has 0 radical (unpaired) electrons. The number of aromatic amines is 2. The maximum atomic E-state index is 10.3. The molecule has 2 fully saturated rings. The molecule has 16 N–H and O–H groups in total. The Morgan fingerprint density at radius 2 is 1.12 bits per heavy atom. The number of aliphatic hydroxyl groups excluding tert-OH is 6. The molecule has 0 amide bonds. The molecule has 0 aromatic carbocycles. The number of thiocarbonyl (C=S) groups is 1. The molecule has 0 spiro atoms. The smallest absolute Gasteiger partial charge is 0.203 e. The second-order valence-electron chi connectivity index (χ2n) is 13.9. The van der Waals surface area contributed by atoms with Crippen molar-refractivity contribution < 1.29 is 40.1 Å². The molecule has 24 heteroatoms. The predicted molar refractivity (Wildman–Crippen MR) is 226 cm³/mol. The number of unbranched alkanes of at least 4 members (excludes halogenated alkanes) is 6. The van der Waals surface area contributed by atoms with E-state index in [1.165, 1.54) is 12.7 Å². The molecule has 2 aliphatic heterocycles. The largest absolute Gasteiger partial charge is 0.394 e. The van der Waals surface area contributed by atoms with Gasteiger partial charge in [0, 0.05) is 19.6 Å². The number of aliphatic hydroxyl groups is 6. The van der Waals surface area contributed by atoms with Crippen LogP contribution in [0.4, 0.5) is 11.9 Å². The Balaban J connectivity index is 0.000000254. The number of nitrogens with zero attached hydrogens (tertiary/aromatic N) is 6. The van der Waals surface area contributed by atoms with E-state index in [1.54, 1.807) is 9.13 Å². The number of rotatable bonds is 19. The fraction of sp³-hybridized carbons (Fsp3) is 0.676. The van der Waals surface area contributed by atoms with Crippen LogP contribution >= 0.6 is 36.7 Å². The van der Waals surface area contributed by atoms with Gasteiger partial charge in [-0.25, -0.2) is 19.9 Å². The van der Waals surface area contributed by atoms with E-state index in [-0.39, 0.29) is 6.15 Å². The second-order valence-corrected chi connectivity index (χ2v) is 15.3. The number of fused-ring (bicyclic) bond motifs is 2. The fourth-order valence-corrected chi connectivity index (χ4v) is 7.13. The highest BCUT2D eigenvalue weighted by Gasteiger charge is 2.45. The highest BCUT2D eigenvalue weighted by molar-refractivity contribution is 7.80. The van der Waals surface area contributed by atoms with E-state index in [0.717, 1.165) is 76.0 Å². The molecule has 8 atom stereocenters. The number of ether oxygens (including phenoxy) is 2. The van der Waals surface area contributed by atoms with E-state index in [2.05, 4.69) is 45.9 Å². The number of imidazole rings is 2. The van der Waals surface area contributed by atoms with Gasteiger partial charge in [-0.15, -0.1) is 0 Å². The van der Waals surface area contributed by atoms with Gasteiger partial charge in [0.25, 0.3) is 0 Å². The molecule has 2 saturated heterocycles. The van der Waals surface area contributed by atoms with Crippen LogP contribution in [0.15, 0.2) is 12.7 Å². The van der Waals surface area contributed by atoms with E-state index >= 15 is 0 Å². The molecule has 6 rings (SSSR count). The van der Waals surface area contributed by atoms with Crippen LogP contribution in [0.3, 0.4) is 0 Å². The maximum Gasteiger partial charge on any atom is 0.203 e. The third-order valence-electron chi connectivity index (χ3n) is 9.67. The number of H-pyrrole nitrogens is 2. The number of aromatic nitrogens is 8. The number of hydrogen-bond acceptors (Lipinski definition) is 19. The average Bonchev–Trinajstić information content (AvgIpc) is 3.95. The lowest BCUT2D eigenvalue weighted by molar-refractivity contribution is -0.0511. The van der Waals surface area contributed by atoms with Crippen LogP contribution in [0.1, 0.15) is 70.7 Å². The first-order chi connectivity index (χ1) is 27.5. The summed E-state index contributed by atoms with van der Waals surface area (Å²) < 4.78 is 14.9. The van der Waals surface area contributed by atoms with Gasteiger partial charge in [0.2, 0.25) is 11.9 Å². The Morgan fingerprint density at radius 1 is 0.707 bits per heavy atom. The summed E-state index contributed by atoms with van der Waals surface area (Å²) in [5.74, 6) is 0.999. The van der Waals surface area contributed by atoms with E-state index in [0.29, 0.717) is 50.1 Å².